The van der Waals surface area contributed by atoms with Crippen LogP contribution in [0.5, 0.6) is 0 Å². The molecule has 0 spiro atoms. The maximum absolute atomic E-state index is 11.8. The van der Waals surface area contributed by atoms with Gasteiger partial charge in [-0.05, 0) is 30.5 Å². The number of rotatable bonds is 2. The second-order valence-electron chi connectivity index (χ2n) is 4.59. The Labute approximate surface area is 125 Å². The lowest BCUT2D eigenvalue weighted by molar-refractivity contribution is 0.0976. The van der Waals surface area contributed by atoms with Crippen molar-refractivity contribution >= 4 is 40.3 Å². The van der Waals surface area contributed by atoms with Crippen molar-refractivity contribution in [2.75, 3.05) is 0 Å². The molecule has 0 aliphatic heterocycles. The molecule has 98 valence electrons. The highest BCUT2D eigenvalue weighted by molar-refractivity contribution is 7.13. The second kappa shape index (κ2) is 5.23. The van der Waals surface area contributed by atoms with Crippen molar-refractivity contribution < 1.29 is 4.79 Å². The molecule has 5 heteroatoms. The topological polar surface area (TPSA) is 30.0 Å². The first kappa shape index (κ1) is 13.1. The van der Waals surface area contributed by atoms with Crippen LogP contribution in [0, 0.1) is 0 Å². The zero-order valence-electron chi connectivity index (χ0n) is 10.1. The van der Waals surface area contributed by atoms with Gasteiger partial charge < -0.3 is 0 Å². The van der Waals surface area contributed by atoms with Crippen LogP contribution in [0.1, 0.15) is 38.8 Å². The quantitative estimate of drug-likeness (QED) is 0.813. The smallest absolute Gasteiger partial charge is 0.174 e. The number of hydrogen-bond acceptors (Lipinski definition) is 3. The molecule has 0 radical (unpaired) electrons. The Hall–Kier alpha value is -0.900. The molecular weight excluding hydrogens is 301 g/mol. The fourth-order valence-corrected chi connectivity index (χ4v) is 3.65. The number of hydrogen-bond donors (Lipinski definition) is 0. The van der Waals surface area contributed by atoms with Gasteiger partial charge in [0.1, 0.15) is 0 Å². The zero-order valence-corrected chi connectivity index (χ0v) is 12.4. The number of aromatic nitrogens is 1. The number of Topliss-reactive ketones (excluding diaryl/α,β-unsaturated/α-hetero) is 1. The SMILES string of the molecule is O=C1CCCc2nc(Cc3ccc(Cl)c(Cl)c3)sc21. The molecule has 19 heavy (non-hydrogen) atoms. The van der Waals surface area contributed by atoms with Crippen molar-refractivity contribution in [3.05, 3.63) is 49.4 Å². The van der Waals surface area contributed by atoms with Crippen molar-refractivity contribution in [1.29, 1.82) is 0 Å². The van der Waals surface area contributed by atoms with E-state index in [-0.39, 0.29) is 5.78 Å². The molecule has 0 N–H and O–H groups in total. The van der Waals surface area contributed by atoms with E-state index < -0.39 is 0 Å². The Bertz CT molecular complexity index is 651. The summed E-state index contributed by atoms with van der Waals surface area (Å²) < 4.78 is 0. The molecule has 0 saturated heterocycles. The molecule has 3 rings (SSSR count). The molecule has 0 bridgehead atoms. The first-order chi connectivity index (χ1) is 9.13. The fraction of sp³-hybridized carbons (Fsp3) is 0.286. The Morgan fingerprint density at radius 2 is 2.05 bits per heavy atom. The van der Waals surface area contributed by atoms with Crippen LogP contribution in [-0.2, 0) is 12.8 Å². The van der Waals surface area contributed by atoms with E-state index in [9.17, 15) is 4.79 Å². The van der Waals surface area contributed by atoms with Gasteiger partial charge >= 0.3 is 0 Å². The summed E-state index contributed by atoms with van der Waals surface area (Å²) >= 11 is 13.4. The van der Waals surface area contributed by atoms with Crippen LogP contribution < -0.4 is 0 Å². The standard InChI is InChI=1S/C14H11Cl2NOS/c15-9-5-4-8(6-10(9)16)7-13-17-11-2-1-3-12(18)14(11)19-13/h4-6H,1-3,7H2. The fourth-order valence-electron chi connectivity index (χ4n) is 2.22. The van der Waals surface area contributed by atoms with E-state index in [1.54, 1.807) is 6.07 Å². The monoisotopic (exact) mass is 311 g/mol. The molecule has 0 amide bonds. The van der Waals surface area contributed by atoms with Crippen molar-refractivity contribution in [1.82, 2.24) is 4.98 Å². The predicted molar refractivity (Wildman–Crippen MR) is 78.7 cm³/mol. The number of thiazole rings is 1. The van der Waals surface area contributed by atoms with Gasteiger partial charge in [-0.25, -0.2) is 4.98 Å². The van der Waals surface area contributed by atoms with Crippen LogP contribution in [-0.4, -0.2) is 10.8 Å². The Morgan fingerprint density at radius 1 is 1.21 bits per heavy atom. The van der Waals surface area contributed by atoms with Crippen LogP contribution in [0.4, 0.5) is 0 Å². The van der Waals surface area contributed by atoms with E-state index in [2.05, 4.69) is 4.98 Å². The van der Waals surface area contributed by atoms with Crippen molar-refractivity contribution in [2.24, 2.45) is 0 Å². The molecule has 0 unspecified atom stereocenters. The van der Waals surface area contributed by atoms with Gasteiger partial charge in [-0.1, -0.05) is 29.3 Å². The van der Waals surface area contributed by atoms with Crippen LogP contribution >= 0.6 is 34.5 Å². The number of benzene rings is 1. The highest BCUT2D eigenvalue weighted by Gasteiger charge is 2.22. The van der Waals surface area contributed by atoms with E-state index in [1.165, 1.54) is 11.3 Å². The third-order valence-corrected chi connectivity index (χ3v) is 5.03. The normalized spacial score (nSPS) is 14.5. The zero-order chi connectivity index (χ0) is 13.4. The van der Waals surface area contributed by atoms with Gasteiger partial charge in [-0.15, -0.1) is 11.3 Å². The highest BCUT2D eigenvalue weighted by Crippen LogP contribution is 2.29. The summed E-state index contributed by atoms with van der Waals surface area (Å²) in [5.41, 5.74) is 2.03. The first-order valence-corrected chi connectivity index (χ1v) is 7.66. The molecule has 1 aromatic carbocycles. The lowest BCUT2D eigenvalue weighted by Crippen LogP contribution is -2.07. The van der Waals surface area contributed by atoms with Gasteiger partial charge in [0.05, 0.1) is 25.6 Å². The molecular formula is C14H11Cl2NOS. The summed E-state index contributed by atoms with van der Waals surface area (Å²) in [6.45, 7) is 0. The molecule has 1 heterocycles. The molecule has 2 nitrogen and oxygen atoms in total. The van der Waals surface area contributed by atoms with Gasteiger partial charge in [0.25, 0.3) is 0 Å². The molecule has 2 aromatic rings. The van der Waals surface area contributed by atoms with Gasteiger partial charge in [0.15, 0.2) is 5.78 Å². The number of halogens is 2. The minimum absolute atomic E-state index is 0.235. The number of nitrogens with zero attached hydrogens (tertiary/aromatic N) is 1. The van der Waals surface area contributed by atoms with Crippen LogP contribution in [0.15, 0.2) is 18.2 Å². The number of fused-ring (bicyclic) bond motifs is 1. The lowest BCUT2D eigenvalue weighted by Gasteiger charge is -2.06. The molecule has 1 aliphatic carbocycles. The number of ketones is 1. The number of carbonyl (C=O) groups is 1. The van der Waals surface area contributed by atoms with Crippen molar-refractivity contribution in [3.63, 3.8) is 0 Å². The lowest BCUT2D eigenvalue weighted by atomic mass is 10.0. The van der Waals surface area contributed by atoms with Crippen molar-refractivity contribution in [3.8, 4) is 0 Å². The van der Waals surface area contributed by atoms with Gasteiger partial charge in [-0.3, -0.25) is 4.79 Å². The predicted octanol–water partition coefficient (Wildman–Crippen LogP) is 4.56. The minimum Gasteiger partial charge on any atom is -0.293 e. The summed E-state index contributed by atoms with van der Waals surface area (Å²) in [4.78, 5) is 17.2. The number of aryl methyl sites for hydroxylation is 1. The molecule has 1 aromatic heterocycles. The molecule has 0 fully saturated rings. The summed E-state index contributed by atoms with van der Waals surface area (Å²) in [7, 11) is 0. The Balaban J connectivity index is 1.87. The second-order valence-corrected chi connectivity index (χ2v) is 6.48. The highest BCUT2D eigenvalue weighted by atomic mass is 35.5. The van der Waals surface area contributed by atoms with Gasteiger partial charge in [0, 0.05) is 12.8 Å². The summed E-state index contributed by atoms with van der Waals surface area (Å²) in [6.07, 6.45) is 3.18. The maximum atomic E-state index is 11.8. The van der Waals surface area contributed by atoms with Crippen LogP contribution in [0.2, 0.25) is 10.0 Å². The van der Waals surface area contributed by atoms with Gasteiger partial charge in [0.2, 0.25) is 0 Å². The van der Waals surface area contributed by atoms with Crippen LogP contribution in [0.25, 0.3) is 0 Å². The largest absolute Gasteiger partial charge is 0.293 e. The molecule has 0 atom stereocenters. The Kier molecular flexibility index (Phi) is 3.61. The minimum atomic E-state index is 0.235. The van der Waals surface area contributed by atoms with Crippen molar-refractivity contribution in [2.45, 2.75) is 25.7 Å². The van der Waals surface area contributed by atoms with E-state index in [0.29, 0.717) is 22.9 Å². The Morgan fingerprint density at radius 3 is 2.79 bits per heavy atom. The van der Waals surface area contributed by atoms with Gasteiger partial charge in [-0.2, -0.15) is 0 Å². The first-order valence-electron chi connectivity index (χ1n) is 6.09. The van der Waals surface area contributed by atoms with E-state index in [1.807, 2.05) is 12.1 Å². The molecule has 1 aliphatic rings. The van der Waals surface area contributed by atoms with Crippen LogP contribution in [0.3, 0.4) is 0 Å². The summed E-state index contributed by atoms with van der Waals surface area (Å²) in [5.74, 6) is 0.235. The van der Waals surface area contributed by atoms with E-state index in [4.69, 9.17) is 23.2 Å². The molecule has 0 saturated carbocycles. The van der Waals surface area contributed by atoms with E-state index >= 15 is 0 Å². The average Bonchev–Trinajstić information content (AvgIpc) is 2.78. The average molecular weight is 312 g/mol. The number of carbonyl (C=O) groups excluding carboxylic acids is 1. The maximum Gasteiger partial charge on any atom is 0.174 e. The summed E-state index contributed by atoms with van der Waals surface area (Å²) in [6, 6.07) is 5.58. The third kappa shape index (κ3) is 2.69. The summed E-state index contributed by atoms with van der Waals surface area (Å²) in [5, 5.41) is 2.08. The third-order valence-electron chi connectivity index (χ3n) is 3.15. The van der Waals surface area contributed by atoms with E-state index in [0.717, 1.165) is 34.0 Å².